The molecule has 2 nitrogen and oxygen atoms in total. The summed E-state index contributed by atoms with van der Waals surface area (Å²) in [5.41, 5.74) is 3.60. The maximum atomic E-state index is 12.0. The summed E-state index contributed by atoms with van der Waals surface area (Å²) in [5.74, 6) is 0. The molecule has 0 aliphatic rings. The lowest BCUT2D eigenvalue weighted by Crippen LogP contribution is -2.20. The summed E-state index contributed by atoms with van der Waals surface area (Å²) in [6.45, 7) is 6.57. The lowest BCUT2D eigenvalue weighted by Gasteiger charge is -2.28. The SMILES string of the molecule is C=C(C)CN(c1ccccc1/C=C(\SC)S(C)=O)c1c(Cl)cccc1Cl. The zero-order valence-electron chi connectivity index (χ0n) is 15.0. The number of hydrogen-bond acceptors (Lipinski definition) is 3. The van der Waals surface area contributed by atoms with Crippen molar-refractivity contribution in [1.29, 1.82) is 0 Å². The van der Waals surface area contributed by atoms with E-state index in [4.69, 9.17) is 23.2 Å². The second-order valence-corrected chi connectivity index (χ2v) is 9.06. The van der Waals surface area contributed by atoms with Crippen molar-refractivity contribution in [1.82, 2.24) is 0 Å². The minimum Gasteiger partial charge on any atom is -0.334 e. The summed E-state index contributed by atoms with van der Waals surface area (Å²) >= 11 is 14.4. The van der Waals surface area contributed by atoms with Gasteiger partial charge in [0.15, 0.2) is 0 Å². The van der Waals surface area contributed by atoms with Gasteiger partial charge in [-0.3, -0.25) is 4.21 Å². The van der Waals surface area contributed by atoms with Crippen LogP contribution in [-0.2, 0) is 10.8 Å². The van der Waals surface area contributed by atoms with E-state index in [0.717, 1.165) is 26.7 Å². The Hall–Kier alpha value is -1.20. The Bertz CT molecular complexity index is 844. The first-order valence-corrected chi connectivity index (χ1v) is 11.4. The first-order chi connectivity index (χ1) is 12.3. The molecule has 2 aromatic rings. The summed E-state index contributed by atoms with van der Waals surface area (Å²) in [6, 6.07) is 13.4. The smallest absolute Gasteiger partial charge is 0.0792 e. The van der Waals surface area contributed by atoms with Gasteiger partial charge in [-0.25, -0.2) is 0 Å². The molecule has 0 spiro atoms. The minimum absolute atomic E-state index is 0.568. The summed E-state index contributed by atoms with van der Waals surface area (Å²) in [5, 5.41) is 1.14. The van der Waals surface area contributed by atoms with E-state index in [1.807, 2.05) is 61.7 Å². The largest absolute Gasteiger partial charge is 0.334 e. The molecule has 0 aliphatic carbocycles. The Kier molecular flexibility index (Phi) is 7.84. The molecular weight excluding hydrogens is 405 g/mol. The predicted octanol–water partition coefficient (Wildman–Crippen LogP) is 6.75. The molecule has 0 fully saturated rings. The van der Waals surface area contributed by atoms with Gasteiger partial charge in [0.25, 0.3) is 0 Å². The Morgan fingerprint density at radius 1 is 1.19 bits per heavy atom. The van der Waals surface area contributed by atoms with Crippen molar-refractivity contribution in [3.63, 3.8) is 0 Å². The third kappa shape index (κ3) is 5.17. The maximum Gasteiger partial charge on any atom is 0.0792 e. The molecular formula is C20H21Cl2NOS2. The number of hydrogen-bond donors (Lipinski definition) is 0. The van der Waals surface area contributed by atoms with Crippen molar-refractivity contribution in [3.05, 3.63) is 74.5 Å². The number of benzene rings is 2. The lowest BCUT2D eigenvalue weighted by molar-refractivity contribution is 0.691. The Morgan fingerprint density at radius 2 is 1.81 bits per heavy atom. The predicted molar refractivity (Wildman–Crippen MR) is 120 cm³/mol. The van der Waals surface area contributed by atoms with E-state index in [1.165, 1.54) is 11.8 Å². The Labute approximate surface area is 172 Å². The molecule has 2 aromatic carbocycles. The van der Waals surface area contributed by atoms with Crippen molar-refractivity contribution in [2.24, 2.45) is 0 Å². The monoisotopic (exact) mass is 425 g/mol. The van der Waals surface area contributed by atoms with Gasteiger partial charge in [0.2, 0.25) is 0 Å². The highest BCUT2D eigenvalue weighted by molar-refractivity contribution is 8.16. The van der Waals surface area contributed by atoms with Crippen LogP contribution in [0.2, 0.25) is 10.0 Å². The van der Waals surface area contributed by atoms with Crippen LogP contribution in [0.3, 0.4) is 0 Å². The number of nitrogens with zero attached hydrogens (tertiary/aromatic N) is 1. The molecule has 0 N–H and O–H groups in total. The second kappa shape index (κ2) is 9.65. The molecule has 6 heteroatoms. The summed E-state index contributed by atoms with van der Waals surface area (Å²) in [4.78, 5) is 2.05. The van der Waals surface area contributed by atoms with Gasteiger partial charge in [-0.15, -0.1) is 11.8 Å². The molecule has 1 unspecified atom stereocenters. The van der Waals surface area contributed by atoms with Gasteiger partial charge in [0, 0.05) is 18.5 Å². The third-order valence-electron chi connectivity index (χ3n) is 3.62. The van der Waals surface area contributed by atoms with Gasteiger partial charge in [-0.2, -0.15) is 0 Å². The van der Waals surface area contributed by atoms with E-state index in [-0.39, 0.29) is 0 Å². The van der Waals surface area contributed by atoms with Gasteiger partial charge < -0.3 is 4.90 Å². The molecule has 26 heavy (non-hydrogen) atoms. The van der Waals surface area contributed by atoms with E-state index in [9.17, 15) is 4.21 Å². The zero-order chi connectivity index (χ0) is 19.3. The molecule has 2 rings (SSSR count). The van der Waals surface area contributed by atoms with Crippen molar-refractivity contribution in [3.8, 4) is 0 Å². The Balaban J connectivity index is 2.68. The average Bonchev–Trinajstić information content (AvgIpc) is 2.58. The molecule has 0 saturated carbocycles. The number of para-hydroxylation sites is 2. The van der Waals surface area contributed by atoms with Crippen molar-refractivity contribution >= 4 is 63.2 Å². The highest BCUT2D eigenvalue weighted by atomic mass is 35.5. The standard InChI is InChI=1S/C20H21Cl2NOS2/c1-14(2)13-23(20-16(21)9-7-10-17(20)22)18-11-6-5-8-15(18)12-19(25-3)26(4)24/h5-12H,1,13H2,2-4H3/b19-12+. The van der Waals surface area contributed by atoms with Gasteiger partial charge >= 0.3 is 0 Å². The van der Waals surface area contributed by atoms with Crippen LogP contribution in [0.1, 0.15) is 12.5 Å². The number of anilines is 2. The fourth-order valence-corrected chi connectivity index (χ4v) is 4.62. The van der Waals surface area contributed by atoms with Gasteiger partial charge in [0.05, 0.1) is 30.8 Å². The highest BCUT2D eigenvalue weighted by Gasteiger charge is 2.18. The molecule has 0 aromatic heterocycles. The van der Waals surface area contributed by atoms with E-state index in [1.54, 1.807) is 6.26 Å². The first-order valence-electron chi connectivity index (χ1n) is 7.89. The normalized spacial score (nSPS) is 12.7. The number of halogens is 2. The molecule has 138 valence electrons. The van der Waals surface area contributed by atoms with Crippen molar-refractivity contribution < 1.29 is 4.21 Å². The topological polar surface area (TPSA) is 20.3 Å². The van der Waals surface area contributed by atoms with Gasteiger partial charge in [0.1, 0.15) is 0 Å². The fraction of sp³-hybridized carbons (Fsp3) is 0.200. The van der Waals surface area contributed by atoms with Gasteiger partial charge in [-0.1, -0.05) is 59.6 Å². The summed E-state index contributed by atoms with van der Waals surface area (Å²) in [6.07, 6.45) is 5.56. The quantitative estimate of drug-likeness (QED) is 0.457. The van der Waals surface area contributed by atoms with Crippen LogP contribution in [0.4, 0.5) is 11.4 Å². The number of thioether (sulfide) groups is 1. The van der Waals surface area contributed by atoms with Gasteiger partial charge in [-0.05, 0) is 43.0 Å². The van der Waals surface area contributed by atoms with Crippen LogP contribution >= 0.6 is 35.0 Å². The molecule has 0 heterocycles. The molecule has 1 atom stereocenters. The lowest BCUT2D eigenvalue weighted by atomic mass is 10.1. The van der Waals surface area contributed by atoms with E-state index in [2.05, 4.69) is 11.5 Å². The third-order valence-corrected chi connectivity index (χ3v) is 6.64. The molecule has 0 saturated heterocycles. The molecule has 0 bridgehead atoms. The van der Waals surface area contributed by atoms with Crippen LogP contribution in [0.15, 0.2) is 58.9 Å². The highest BCUT2D eigenvalue weighted by Crippen LogP contribution is 2.40. The van der Waals surface area contributed by atoms with E-state index in [0.29, 0.717) is 16.6 Å². The summed E-state index contributed by atoms with van der Waals surface area (Å²) < 4.78 is 12.8. The fourth-order valence-electron chi connectivity index (χ4n) is 2.54. The Morgan fingerprint density at radius 3 is 2.35 bits per heavy atom. The maximum absolute atomic E-state index is 12.0. The van der Waals surface area contributed by atoms with Crippen LogP contribution in [0, 0.1) is 0 Å². The van der Waals surface area contributed by atoms with E-state index >= 15 is 0 Å². The molecule has 0 aliphatic heterocycles. The van der Waals surface area contributed by atoms with E-state index < -0.39 is 10.8 Å². The molecule has 0 amide bonds. The second-order valence-electron chi connectivity index (χ2n) is 5.79. The van der Waals surface area contributed by atoms with Crippen LogP contribution in [0.25, 0.3) is 6.08 Å². The summed E-state index contributed by atoms with van der Waals surface area (Å²) in [7, 11) is -1.05. The van der Waals surface area contributed by atoms with Crippen LogP contribution in [0.5, 0.6) is 0 Å². The zero-order valence-corrected chi connectivity index (χ0v) is 18.1. The van der Waals surface area contributed by atoms with Crippen LogP contribution in [-0.4, -0.2) is 23.3 Å². The average molecular weight is 426 g/mol. The van der Waals surface area contributed by atoms with Crippen molar-refractivity contribution in [2.75, 3.05) is 24.0 Å². The number of rotatable bonds is 7. The van der Waals surface area contributed by atoms with Crippen molar-refractivity contribution in [2.45, 2.75) is 6.92 Å². The van der Waals surface area contributed by atoms with Crippen LogP contribution < -0.4 is 4.90 Å². The molecule has 0 radical (unpaired) electrons. The minimum atomic E-state index is -1.05. The first kappa shape index (κ1) is 21.1.